The highest BCUT2D eigenvalue weighted by Crippen LogP contribution is 1.95. The summed E-state index contributed by atoms with van der Waals surface area (Å²) in [6.45, 7) is 9.45. The maximum Gasteiger partial charge on any atom is 0.234 e. The summed E-state index contributed by atoms with van der Waals surface area (Å²) >= 11 is 0. The smallest absolute Gasteiger partial charge is 0.234 e. The number of nitrogens with zero attached hydrogens (tertiary/aromatic N) is 1. The fourth-order valence-electron chi connectivity index (χ4n) is 1.10. The van der Waals surface area contributed by atoms with Crippen LogP contribution in [0.3, 0.4) is 0 Å². The molecular weight excluding hydrogens is 164 g/mol. The van der Waals surface area contributed by atoms with Crippen LogP contribution in [0, 0.1) is 6.92 Å². The molecule has 0 aromatic carbocycles. The van der Waals surface area contributed by atoms with Crippen molar-refractivity contribution in [1.29, 1.82) is 0 Å². The van der Waals surface area contributed by atoms with Gasteiger partial charge in [-0.3, -0.25) is 10.2 Å². The number of hydrazine groups is 1. The van der Waals surface area contributed by atoms with Crippen LogP contribution >= 0.6 is 0 Å². The first-order valence-corrected chi connectivity index (χ1v) is 5.08. The van der Waals surface area contributed by atoms with Gasteiger partial charge in [-0.05, 0) is 12.8 Å². The molecule has 3 heteroatoms. The van der Waals surface area contributed by atoms with Crippen molar-refractivity contribution in [2.24, 2.45) is 0 Å². The summed E-state index contributed by atoms with van der Waals surface area (Å²) in [5.74, 6) is -0.216. The second kappa shape index (κ2) is 8.05. The average molecular weight is 185 g/mol. The second-order valence-electron chi connectivity index (χ2n) is 3.23. The first-order valence-electron chi connectivity index (χ1n) is 5.08. The van der Waals surface area contributed by atoms with E-state index in [4.69, 9.17) is 0 Å². The van der Waals surface area contributed by atoms with E-state index in [1.165, 1.54) is 0 Å². The Kier molecular flexibility index (Phi) is 7.69. The van der Waals surface area contributed by atoms with E-state index in [1.54, 1.807) is 0 Å². The van der Waals surface area contributed by atoms with E-state index in [2.05, 4.69) is 26.2 Å². The van der Waals surface area contributed by atoms with E-state index >= 15 is 0 Å². The molecule has 0 aromatic rings. The zero-order chi connectivity index (χ0) is 10.1. The molecule has 1 N–H and O–H groups in total. The summed E-state index contributed by atoms with van der Waals surface area (Å²) in [5.41, 5.74) is 2.73. The lowest BCUT2D eigenvalue weighted by atomic mass is 10.3. The van der Waals surface area contributed by atoms with Gasteiger partial charge in [-0.15, -0.1) is 0 Å². The maximum atomic E-state index is 10.7. The molecule has 0 saturated carbocycles. The third-order valence-corrected chi connectivity index (χ3v) is 1.85. The van der Waals surface area contributed by atoms with Gasteiger partial charge in [-0.25, -0.2) is 5.01 Å². The molecule has 0 saturated heterocycles. The Morgan fingerprint density at radius 1 is 1.23 bits per heavy atom. The number of amides is 1. The highest BCUT2D eigenvalue weighted by molar-refractivity contribution is 5.79. The first kappa shape index (κ1) is 12.4. The van der Waals surface area contributed by atoms with E-state index in [0.29, 0.717) is 0 Å². The molecule has 13 heavy (non-hydrogen) atoms. The van der Waals surface area contributed by atoms with Crippen molar-refractivity contribution in [3.8, 4) is 0 Å². The van der Waals surface area contributed by atoms with Gasteiger partial charge in [-0.2, -0.15) is 0 Å². The number of carbonyl (C=O) groups excluding carboxylic acids is 1. The van der Waals surface area contributed by atoms with E-state index < -0.39 is 0 Å². The number of nitrogens with one attached hydrogen (secondary N) is 1. The summed E-state index contributed by atoms with van der Waals surface area (Å²) in [7, 11) is 0. The Morgan fingerprint density at radius 3 is 2.00 bits per heavy atom. The quantitative estimate of drug-likeness (QED) is 0.613. The van der Waals surface area contributed by atoms with Crippen LogP contribution in [0.2, 0.25) is 0 Å². The van der Waals surface area contributed by atoms with Crippen molar-refractivity contribution in [2.75, 3.05) is 13.1 Å². The highest BCUT2D eigenvalue weighted by Gasteiger charge is 2.03. The first-order chi connectivity index (χ1) is 6.20. The molecule has 0 aliphatic heterocycles. The average Bonchev–Trinajstić information content (AvgIpc) is 2.09. The third kappa shape index (κ3) is 7.78. The minimum atomic E-state index is -0.216. The molecule has 1 radical (unpaired) electrons. The summed E-state index contributed by atoms with van der Waals surface area (Å²) in [6.07, 6.45) is 4.53. The van der Waals surface area contributed by atoms with Crippen molar-refractivity contribution in [3.63, 3.8) is 0 Å². The minimum Gasteiger partial charge on any atom is -0.289 e. The molecule has 77 valence electrons. The Morgan fingerprint density at radius 2 is 1.69 bits per heavy atom. The van der Waals surface area contributed by atoms with Crippen molar-refractivity contribution in [3.05, 3.63) is 6.92 Å². The Labute approximate surface area is 81.5 Å². The van der Waals surface area contributed by atoms with Crippen LogP contribution in [0.5, 0.6) is 0 Å². The van der Waals surface area contributed by atoms with Crippen molar-refractivity contribution < 1.29 is 4.79 Å². The lowest BCUT2D eigenvalue weighted by Crippen LogP contribution is -2.42. The molecule has 0 rings (SSSR count). The van der Waals surface area contributed by atoms with E-state index in [0.717, 1.165) is 38.8 Å². The number of rotatable bonds is 7. The SMILES string of the molecule is [CH2]C(=O)NN(CCCC)CCCC. The predicted molar refractivity (Wildman–Crippen MR) is 54.9 cm³/mol. The Balaban J connectivity index is 3.66. The van der Waals surface area contributed by atoms with Crippen LogP contribution in [0.25, 0.3) is 0 Å². The van der Waals surface area contributed by atoms with Crippen LogP contribution in [0.1, 0.15) is 39.5 Å². The zero-order valence-corrected chi connectivity index (χ0v) is 8.81. The van der Waals surface area contributed by atoms with Gasteiger partial charge in [0, 0.05) is 20.0 Å². The molecule has 0 aliphatic carbocycles. The Hall–Kier alpha value is -0.570. The van der Waals surface area contributed by atoms with E-state index in [9.17, 15) is 4.79 Å². The lowest BCUT2D eigenvalue weighted by Gasteiger charge is -2.21. The summed E-state index contributed by atoms with van der Waals surface area (Å²) in [5, 5.41) is 1.96. The van der Waals surface area contributed by atoms with Crippen LogP contribution in [-0.4, -0.2) is 24.0 Å². The number of carbonyl (C=O) groups is 1. The van der Waals surface area contributed by atoms with Gasteiger partial charge in [-0.1, -0.05) is 26.7 Å². The number of hydrogen-bond acceptors (Lipinski definition) is 2. The fourth-order valence-corrected chi connectivity index (χ4v) is 1.10. The van der Waals surface area contributed by atoms with Crippen LogP contribution in [0.15, 0.2) is 0 Å². The van der Waals surface area contributed by atoms with Gasteiger partial charge >= 0.3 is 0 Å². The predicted octanol–water partition coefficient (Wildman–Crippen LogP) is 1.75. The van der Waals surface area contributed by atoms with Crippen molar-refractivity contribution in [2.45, 2.75) is 39.5 Å². The second-order valence-corrected chi connectivity index (χ2v) is 3.23. The van der Waals surface area contributed by atoms with Crippen LogP contribution in [-0.2, 0) is 4.79 Å². The van der Waals surface area contributed by atoms with E-state index in [1.807, 2.05) is 5.01 Å². The largest absolute Gasteiger partial charge is 0.289 e. The molecule has 0 aromatic heterocycles. The van der Waals surface area contributed by atoms with Gasteiger partial charge < -0.3 is 0 Å². The van der Waals surface area contributed by atoms with Gasteiger partial charge in [0.15, 0.2) is 0 Å². The van der Waals surface area contributed by atoms with E-state index in [-0.39, 0.29) is 5.91 Å². The maximum absolute atomic E-state index is 10.7. The van der Waals surface area contributed by atoms with Crippen LogP contribution < -0.4 is 5.43 Å². The monoisotopic (exact) mass is 185 g/mol. The molecule has 0 atom stereocenters. The summed E-state index contributed by atoms with van der Waals surface area (Å²) in [6, 6.07) is 0. The number of hydrogen-bond donors (Lipinski definition) is 1. The van der Waals surface area contributed by atoms with Crippen molar-refractivity contribution >= 4 is 5.91 Å². The Bertz CT molecular complexity index is 129. The molecular formula is C10H21N2O. The number of unbranched alkanes of at least 4 members (excludes halogenated alkanes) is 2. The highest BCUT2D eigenvalue weighted by atomic mass is 16.2. The molecule has 0 spiro atoms. The molecule has 0 heterocycles. The lowest BCUT2D eigenvalue weighted by molar-refractivity contribution is -0.121. The zero-order valence-electron chi connectivity index (χ0n) is 8.81. The third-order valence-electron chi connectivity index (χ3n) is 1.85. The molecule has 0 bridgehead atoms. The molecule has 1 amide bonds. The molecule has 0 fully saturated rings. The molecule has 3 nitrogen and oxygen atoms in total. The molecule has 0 unspecified atom stereocenters. The van der Waals surface area contributed by atoms with Crippen molar-refractivity contribution in [1.82, 2.24) is 10.4 Å². The molecule has 0 aliphatic rings. The minimum absolute atomic E-state index is 0.216. The summed E-state index contributed by atoms with van der Waals surface area (Å²) < 4.78 is 0. The van der Waals surface area contributed by atoms with Gasteiger partial charge in [0.25, 0.3) is 0 Å². The van der Waals surface area contributed by atoms with Gasteiger partial charge in [0.05, 0.1) is 0 Å². The standard InChI is InChI=1S/C10H21N2O/c1-4-6-8-12(9-7-5-2)11-10(3)13/h3-9H2,1-2H3,(H,11,13). The van der Waals surface area contributed by atoms with Gasteiger partial charge in [0.1, 0.15) is 0 Å². The fraction of sp³-hybridized carbons (Fsp3) is 0.800. The van der Waals surface area contributed by atoms with Crippen LogP contribution in [0.4, 0.5) is 0 Å². The summed E-state index contributed by atoms with van der Waals surface area (Å²) in [4.78, 5) is 10.7. The normalized spacial score (nSPS) is 10.5. The van der Waals surface area contributed by atoms with Gasteiger partial charge in [0.2, 0.25) is 5.91 Å². The topological polar surface area (TPSA) is 32.3 Å².